The summed E-state index contributed by atoms with van der Waals surface area (Å²) < 4.78 is 17.9. The van der Waals surface area contributed by atoms with Crippen molar-refractivity contribution in [1.29, 1.82) is 0 Å². The van der Waals surface area contributed by atoms with Crippen LogP contribution in [0.2, 0.25) is 0 Å². The van der Waals surface area contributed by atoms with Crippen LogP contribution in [0.5, 0.6) is 5.75 Å². The van der Waals surface area contributed by atoms with Gasteiger partial charge in [0.1, 0.15) is 11.9 Å². The van der Waals surface area contributed by atoms with Crippen molar-refractivity contribution in [2.75, 3.05) is 33.4 Å². The Morgan fingerprint density at radius 1 is 1.15 bits per heavy atom. The van der Waals surface area contributed by atoms with Crippen molar-refractivity contribution >= 4 is 5.96 Å². The van der Waals surface area contributed by atoms with E-state index in [1.165, 1.54) is 24.8 Å². The first kappa shape index (κ1) is 18.6. The Morgan fingerprint density at radius 3 is 2.74 bits per heavy atom. The lowest BCUT2D eigenvalue weighted by atomic mass is 9.96. The van der Waals surface area contributed by atoms with Crippen LogP contribution in [-0.4, -0.2) is 62.5 Å². The molecule has 2 heterocycles. The summed E-state index contributed by atoms with van der Waals surface area (Å²) in [4.78, 5) is 6.78. The van der Waals surface area contributed by atoms with Gasteiger partial charge in [0, 0.05) is 38.9 Å². The summed E-state index contributed by atoms with van der Waals surface area (Å²) in [5, 5.41) is 3.52. The van der Waals surface area contributed by atoms with Crippen LogP contribution in [0.25, 0.3) is 0 Å². The SMILES string of the molecule is CN=C(NCc1ccccc1OC1CCC1)N1CCOC(C2CCCO2)C1. The molecule has 148 valence electrons. The number of morpholine rings is 1. The third kappa shape index (κ3) is 4.55. The van der Waals surface area contributed by atoms with Gasteiger partial charge in [-0.15, -0.1) is 0 Å². The maximum absolute atomic E-state index is 6.15. The Kier molecular flexibility index (Phi) is 6.14. The molecule has 2 saturated heterocycles. The quantitative estimate of drug-likeness (QED) is 0.635. The zero-order valence-electron chi connectivity index (χ0n) is 16.2. The van der Waals surface area contributed by atoms with E-state index in [0.29, 0.717) is 19.3 Å². The van der Waals surface area contributed by atoms with E-state index in [1.807, 2.05) is 13.1 Å². The summed E-state index contributed by atoms with van der Waals surface area (Å²) in [5.41, 5.74) is 1.18. The van der Waals surface area contributed by atoms with Gasteiger partial charge in [-0.3, -0.25) is 4.99 Å². The molecule has 1 aromatic carbocycles. The number of hydrogen-bond donors (Lipinski definition) is 1. The monoisotopic (exact) mass is 373 g/mol. The number of guanidine groups is 1. The molecule has 2 aliphatic heterocycles. The summed E-state index contributed by atoms with van der Waals surface area (Å²) in [6, 6.07) is 8.30. The third-order valence-electron chi connectivity index (χ3n) is 5.74. The number of benzene rings is 1. The largest absolute Gasteiger partial charge is 0.490 e. The fourth-order valence-electron chi connectivity index (χ4n) is 3.93. The van der Waals surface area contributed by atoms with Gasteiger partial charge in [0.2, 0.25) is 0 Å². The van der Waals surface area contributed by atoms with Crippen LogP contribution in [0.1, 0.15) is 37.7 Å². The molecule has 1 aliphatic carbocycles. The second-order valence-electron chi connectivity index (χ2n) is 7.59. The van der Waals surface area contributed by atoms with E-state index < -0.39 is 0 Å². The Balaban J connectivity index is 1.35. The van der Waals surface area contributed by atoms with Crippen molar-refractivity contribution in [2.45, 2.75) is 57.0 Å². The van der Waals surface area contributed by atoms with Crippen molar-refractivity contribution in [1.82, 2.24) is 10.2 Å². The van der Waals surface area contributed by atoms with Crippen molar-refractivity contribution in [3.05, 3.63) is 29.8 Å². The van der Waals surface area contributed by atoms with E-state index in [4.69, 9.17) is 14.2 Å². The molecule has 27 heavy (non-hydrogen) atoms. The molecule has 1 N–H and O–H groups in total. The minimum Gasteiger partial charge on any atom is -0.490 e. The molecule has 0 bridgehead atoms. The molecular formula is C21H31N3O3. The number of para-hydroxylation sites is 1. The highest BCUT2D eigenvalue weighted by Crippen LogP contribution is 2.27. The van der Waals surface area contributed by atoms with Gasteiger partial charge < -0.3 is 24.4 Å². The minimum absolute atomic E-state index is 0.133. The average molecular weight is 373 g/mol. The molecule has 1 aromatic rings. The highest BCUT2D eigenvalue weighted by atomic mass is 16.5. The first-order valence-corrected chi connectivity index (χ1v) is 10.3. The normalized spacial score (nSPS) is 26.7. The summed E-state index contributed by atoms with van der Waals surface area (Å²) in [5.74, 6) is 1.91. The predicted molar refractivity (Wildman–Crippen MR) is 105 cm³/mol. The summed E-state index contributed by atoms with van der Waals surface area (Å²) >= 11 is 0. The summed E-state index contributed by atoms with van der Waals surface area (Å²) in [7, 11) is 1.84. The van der Waals surface area contributed by atoms with Gasteiger partial charge in [0.15, 0.2) is 5.96 Å². The van der Waals surface area contributed by atoms with Crippen molar-refractivity contribution in [3.8, 4) is 5.75 Å². The van der Waals surface area contributed by atoms with Gasteiger partial charge in [0.25, 0.3) is 0 Å². The van der Waals surface area contributed by atoms with Gasteiger partial charge in [-0.1, -0.05) is 18.2 Å². The van der Waals surface area contributed by atoms with Gasteiger partial charge >= 0.3 is 0 Å². The number of nitrogens with one attached hydrogen (secondary N) is 1. The smallest absolute Gasteiger partial charge is 0.194 e. The molecule has 4 rings (SSSR count). The van der Waals surface area contributed by atoms with Crippen LogP contribution < -0.4 is 10.1 Å². The van der Waals surface area contributed by atoms with Crippen LogP contribution in [0.3, 0.4) is 0 Å². The second kappa shape index (κ2) is 8.93. The molecule has 0 aromatic heterocycles. The maximum atomic E-state index is 6.15. The van der Waals surface area contributed by atoms with E-state index in [9.17, 15) is 0 Å². The standard InChI is InChI=1S/C21H31N3O3/c1-22-21(24-11-13-26-20(15-24)19-10-5-12-25-19)23-14-16-6-2-3-9-18(16)27-17-7-4-8-17/h2-3,6,9,17,19-20H,4-5,7-8,10-15H2,1H3,(H,22,23). The molecule has 2 atom stereocenters. The lowest BCUT2D eigenvalue weighted by Gasteiger charge is -2.37. The number of nitrogens with zero attached hydrogens (tertiary/aromatic N) is 2. The maximum Gasteiger partial charge on any atom is 0.194 e. The lowest BCUT2D eigenvalue weighted by molar-refractivity contribution is -0.0817. The number of aliphatic imine (C=N–C) groups is 1. The number of ether oxygens (including phenoxy) is 3. The highest BCUT2D eigenvalue weighted by molar-refractivity contribution is 5.80. The molecule has 3 aliphatic rings. The van der Waals surface area contributed by atoms with E-state index >= 15 is 0 Å². The molecule has 6 nitrogen and oxygen atoms in total. The Morgan fingerprint density at radius 2 is 2.00 bits per heavy atom. The minimum atomic E-state index is 0.133. The van der Waals surface area contributed by atoms with Crippen LogP contribution in [0, 0.1) is 0 Å². The first-order valence-electron chi connectivity index (χ1n) is 10.3. The van der Waals surface area contributed by atoms with Crippen LogP contribution in [0.4, 0.5) is 0 Å². The highest BCUT2D eigenvalue weighted by Gasteiger charge is 2.32. The Hall–Kier alpha value is -1.79. The second-order valence-corrected chi connectivity index (χ2v) is 7.59. The van der Waals surface area contributed by atoms with Crippen LogP contribution in [-0.2, 0) is 16.0 Å². The fourth-order valence-corrected chi connectivity index (χ4v) is 3.93. The molecular weight excluding hydrogens is 342 g/mol. The van der Waals surface area contributed by atoms with Crippen molar-refractivity contribution in [2.24, 2.45) is 4.99 Å². The number of hydrogen-bond acceptors (Lipinski definition) is 4. The van der Waals surface area contributed by atoms with E-state index in [-0.39, 0.29) is 12.2 Å². The van der Waals surface area contributed by atoms with Crippen LogP contribution >= 0.6 is 0 Å². The molecule has 0 amide bonds. The van der Waals surface area contributed by atoms with Crippen molar-refractivity contribution in [3.63, 3.8) is 0 Å². The topological polar surface area (TPSA) is 55.3 Å². The third-order valence-corrected chi connectivity index (χ3v) is 5.74. The van der Waals surface area contributed by atoms with Gasteiger partial charge in [0.05, 0.1) is 18.8 Å². The van der Waals surface area contributed by atoms with Gasteiger partial charge in [-0.2, -0.15) is 0 Å². The molecule has 2 unspecified atom stereocenters. The van der Waals surface area contributed by atoms with Crippen LogP contribution in [0.15, 0.2) is 29.3 Å². The summed E-state index contributed by atoms with van der Waals surface area (Å²) in [6.07, 6.45) is 6.59. The molecule has 0 radical (unpaired) electrons. The van der Waals surface area contributed by atoms with Gasteiger partial charge in [-0.05, 0) is 38.2 Å². The number of rotatable bonds is 5. The Labute approximate surface area is 161 Å². The predicted octanol–water partition coefficient (Wildman–Crippen LogP) is 2.57. The first-order chi connectivity index (χ1) is 13.3. The van der Waals surface area contributed by atoms with E-state index in [0.717, 1.165) is 44.2 Å². The van der Waals surface area contributed by atoms with E-state index in [2.05, 4.69) is 33.4 Å². The fraction of sp³-hybridized carbons (Fsp3) is 0.667. The molecule has 1 saturated carbocycles. The lowest BCUT2D eigenvalue weighted by Crippen LogP contribution is -2.53. The molecule has 6 heteroatoms. The van der Waals surface area contributed by atoms with Gasteiger partial charge in [-0.25, -0.2) is 0 Å². The Bertz CT molecular complexity index is 641. The molecule has 3 fully saturated rings. The zero-order valence-corrected chi connectivity index (χ0v) is 16.2. The van der Waals surface area contributed by atoms with E-state index in [1.54, 1.807) is 0 Å². The molecule has 0 spiro atoms. The summed E-state index contributed by atoms with van der Waals surface area (Å²) in [6.45, 7) is 3.95. The van der Waals surface area contributed by atoms with Crippen molar-refractivity contribution < 1.29 is 14.2 Å². The zero-order chi connectivity index (χ0) is 18.5. The average Bonchev–Trinajstić information content (AvgIpc) is 3.21.